The second kappa shape index (κ2) is 4.76. The van der Waals surface area contributed by atoms with Crippen molar-refractivity contribution < 1.29 is 0 Å². The van der Waals surface area contributed by atoms with Crippen LogP contribution in [0, 0.1) is 5.41 Å². The smallest absolute Gasteiger partial charge is 0.181 e. The number of nitrogens with one attached hydrogen (secondary N) is 1. The van der Waals surface area contributed by atoms with Gasteiger partial charge in [0, 0.05) is 12.6 Å². The van der Waals surface area contributed by atoms with Crippen LogP contribution in [0.25, 0.3) is 10.2 Å². The molecule has 102 valence electrons. The molecule has 3 nitrogen and oxygen atoms in total. The van der Waals surface area contributed by atoms with Crippen molar-refractivity contribution in [1.29, 1.82) is 0 Å². The molecular formula is C15H21N3S. The van der Waals surface area contributed by atoms with E-state index in [1.54, 1.807) is 11.3 Å². The molecule has 19 heavy (non-hydrogen) atoms. The Kier molecular flexibility index (Phi) is 3.23. The van der Waals surface area contributed by atoms with Crippen molar-refractivity contribution in [2.45, 2.75) is 45.7 Å². The number of benzene rings is 1. The van der Waals surface area contributed by atoms with E-state index in [0.29, 0.717) is 16.6 Å². The third-order valence-electron chi connectivity index (χ3n) is 4.03. The van der Waals surface area contributed by atoms with Crippen molar-refractivity contribution in [1.82, 2.24) is 10.3 Å². The van der Waals surface area contributed by atoms with Crippen LogP contribution in [-0.2, 0) is 6.54 Å². The largest absolute Gasteiger partial charge is 0.375 e. The molecule has 2 aromatic rings. The van der Waals surface area contributed by atoms with Gasteiger partial charge in [0.25, 0.3) is 0 Å². The van der Waals surface area contributed by atoms with E-state index in [1.165, 1.54) is 29.5 Å². The van der Waals surface area contributed by atoms with Gasteiger partial charge >= 0.3 is 0 Å². The fourth-order valence-corrected chi connectivity index (χ4v) is 3.77. The Balaban J connectivity index is 1.65. The summed E-state index contributed by atoms with van der Waals surface area (Å²) < 4.78 is 1.18. The lowest BCUT2D eigenvalue weighted by Gasteiger charge is -2.17. The predicted octanol–water partition coefficient (Wildman–Crippen LogP) is 3.55. The number of thiazole rings is 1. The van der Waals surface area contributed by atoms with Crippen LogP contribution in [-0.4, -0.2) is 11.0 Å². The van der Waals surface area contributed by atoms with Crippen molar-refractivity contribution in [3.63, 3.8) is 0 Å². The summed E-state index contributed by atoms with van der Waals surface area (Å²) in [4.78, 5) is 4.29. The van der Waals surface area contributed by atoms with Gasteiger partial charge in [0.05, 0.1) is 10.2 Å². The van der Waals surface area contributed by atoms with Crippen LogP contribution in [0.1, 0.15) is 38.7 Å². The lowest BCUT2D eigenvalue weighted by Crippen LogP contribution is -2.26. The van der Waals surface area contributed by atoms with Crippen LogP contribution < -0.4 is 11.1 Å². The van der Waals surface area contributed by atoms with Gasteiger partial charge in [-0.3, -0.25) is 0 Å². The Morgan fingerprint density at radius 1 is 1.47 bits per heavy atom. The molecule has 3 N–H and O–H groups in total. The molecule has 3 rings (SSSR count). The van der Waals surface area contributed by atoms with E-state index in [4.69, 9.17) is 5.73 Å². The molecule has 1 aliphatic rings. The van der Waals surface area contributed by atoms with Crippen molar-refractivity contribution in [2.75, 3.05) is 5.73 Å². The molecule has 1 atom stereocenters. The molecule has 1 unspecified atom stereocenters. The number of nitrogens with zero attached hydrogens (tertiary/aromatic N) is 1. The zero-order valence-corrected chi connectivity index (χ0v) is 12.4. The van der Waals surface area contributed by atoms with Crippen molar-refractivity contribution in [3.8, 4) is 0 Å². The average molecular weight is 275 g/mol. The van der Waals surface area contributed by atoms with Gasteiger partial charge in [-0.05, 0) is 42.4 Å². The van der Waals surface area contributed by atoms with E-state index < -0.39 is 0 Å². The molecule has 1 aromatic carbocycles. The lowest BCUT2D eigenvalue weighted by molar-refractivity contribution is 0.364. The van der Waals surface area contributed by atoms with Crippen molar-refractivity contribution >= 4 is 26.7 Å². The summed E-state index contributed by atoms with van der Waals surface area (Å²) >= 11 is 1.56. The van der Waals surface area contributed by atoms with E-state index in [0.717, 1.165) is 12.1 Å². The van der Waals surface area contributed by atoms with Gasteiger partial charge in [-0.2, -0.15) is 0 Å². The van der Waals surface area contributed by atoms with E-state index >= 15 is 0 Å². The fraction of sp³-hybridized carbons (Fsp3) is 0.533. The van der Waals surface area contributed by atoms with Crippen LogP contribution in [0.5, 0.6) is 0 Å². The summed E-state index contributed by atoms with van der Waals surface area (Å²) in [5.41, 5.74) is 8.57. The molecule has 1 aliphatic carbocycles. The van der Waals surface area contributed by atoms with E-state index in [-0.39, 0.29) is 0 Å². The molecule has 0 aliphatic heterocycles. The standard InChI is InChI=1S/C15H21N3S/c1-15(2)6-5-11(8-15)17-9-10-3-4-12-13(7-10)19-14(16)18-12/h3-4,7,11,17H,5-6,8-9H2,1-2H3,(H2,16,18). The number of aromatic nitrogens is 1. The highest BCUT2D eigenvalue weighted by atomic mass is 32.1. The van der Waals surface area contributed by atoms with Gasteiger partial charge in [0.15, 0.2) is 5.13 Å². The summed E-state index contributed by atoms with van der Waals surface area (Å²) in [6, 6.07) is 7.08. The number of anilines is 1. The first kappa shape index (κ1) is 12.9. The van der Waals surface area contributed by atoms with Gasteiger partial charge in [-0.25, -0.2) is 4.98 Å². The van der Waals surface area contributed by atoms with Gasteiger partial charge in [-0.15, -0.1) is 0 Å². The first-order valence-corrected chi connectivity index (χ1v) is 7.72. The minimum Gasteiger partial charge on any atom is -0.375 e. The summed E-state index contributed by atoms with van der Waals surface area (Å²) in [5.74, 6) is 0. The molecule has 1 fully saturated rings. The second-order valence-electron chi connectivity index (χ2n) is 6.34. The Bertz CT molecular complexity index is 588. The molecule has 4 heteroatoms. The third kappa shape index (κ3) is 2.90. The summed E-state index contributed by atoms with van der Waals surface area (Å²) in [7, 11) is 0. The van der Waals surface area contributed by atoms with E-state index in [2.05, 4.69) is 42.3 Å². The highest BCUT2D eigenvalue weighted by Gasteiger charge is 2.30. The molecule has 0 spiro atoms. The Labute approximate surface area is 118 Å². The molecule has 0 radical (unpaired) electrons. The molecule has 0 bridgehead atoms. The zero-order chi connectivity index (χ0) is 13.5. The zero-order valence-electron chi connectivity index (χ0n) is 11.6. The predicted molar refractivity (Wildman–Crippen MR) is 82.3 cm³/mol. The Morgan fingerprint density at radius 2 is 2.32 bits per heavy atom. The van der Waals surface area contributed by atoms with Crippen LogP contribution in [0.3, 0.4) is 0 Å². The highest BCUT2D eigenvalue weighted by Crippen LogP contribution is 2.37. The molecule has 1 aromatic heterocycles. The molecular weight excluding hydrogens is 254 g/mol. The number of hydrogen-bond donors (Lipinski definition) is 2. The SMILES string of the molecule is CC1(C)CCC(NCc2ccc3nc(N)sc3c2)C1. The Hall–Kier alpha value is -1.13. The van der Waals surface area contributed by atoms with Crippen LogP contribution in [0.15, 0.2) is 18.2 Å². The maximum atomic E-state index is 5.74. The van der Waals surface area contributed by atoms with Crippen LogP contribution in [0.2, 0.25) is 0 Å². The number of hydrogen-bond acceptors (Lipinski definition) is 4. The van der Waals surface area contributed by atoms with Gasteiger partial charge in [-0.1, -0.05) is 31.3 Å². The van der Waals surface area contributed by atoms with Gasteiger partial charge < -0.3 is 11.1 Å². The van der Waals surface area contributed by atoms with E-state index in [9.17, 15) is 0 Å². The number of rotatable bonds is 3. The fourth-order valence-electron chi connectivity index (χ4n) is 2.97. The normalized spacial score (nSPS) is 22.1. The Morgan fingerprint density at radius 3 is 3.05 bits per heavy atom. The number of fused-ring (bicyclic) bond motifs is 1. The lowest BCUT2D eigenvalue weighted by atomic mass is 9.92. The highest BCUT2D eigenvalue weighted by molar-refractivity contribution is 7.22. The molecule has 1 heterocycles. The second-order valence-corrected chi connectivity index (χ2v) is 7.40. The summed E-state index contributed by atoms with van der Waals surface area (Å²) in [6.07, 6.45) is 3.90. The quantitative estimate of drug-likeness (QED) is 0.900. The minimum absolute atomic E-state index is 0.508. The average Bonchev–Trinajstić information content (AvgIpc) is 2.87. The topological polar surface area (TPSA) is 50.9 Å². The van der Waals surface area contributed by atoms with Gasteiger partial charge in [0.1, 0.15) is 0 Å². The monoisotopic (exact) mass is 275 g/mol. The van der Waals surface area contributed by atoms with Crippen LogP contribution in [0.4, 0.5) is 5.13 Å². The third-order valence-corrected chi connectivity index (χ3v) is 4.88. The summed E-state index contributed by atoms with van der Waals surface area (Å²) in [6.45, 7) is 5.66. The van der Waals surface area contributed by atoms with Gasteiger partial charge in [0.2, 0.25) is 0 Å². The van der Waals surface area contributed by atoms with E-state index in [1.807, 2.05) is 0 Å². The van der Waals surface area contributed by atoms with Crippen molar-refractivity contribution in [2.24, 2.45) is 5.41 Å². The first-order chi connectivity index (χ1) is 9.02. The molecule has 0 saturated heterocycles. The molecule has 1 saturated carbocycles. The van der Waals surface area contributed by atoms with Crippen LogP contribution >= 0.6 is 11.3 Å². The molecule has 0 amide bonds. The number of nitrogens with two attached hydrogens (primary N) is 1. The maximum Gasteiger partial charge on any atom is 0.181 e. The van der Waals surface area contributed by atoms with Crippen molar-refractivity contribution in [3.05, 3.63) is 23.8 Å². The maximum absolute atomic E-state index is 5.74. The minimum atomic E-state index is 0.508. The number of nitrogen functional groups attached to an aromatic ring is 1. The first-order valence-electron chi connectivity index (χ1n) is 6.90. The summed E-state index contributed by atoms with van der Waals surface area (Å²) in [5, 5.41) is 4.33.